The minimum atomic E-state index is 0.351. The predicted molar refractivity (Wildman–Crippen MR) is 108 cm³/mol. The van der Waals surface area contributed by atoms with E-state index in [4.69, 9.17) is 9.47 Å². The Labute approximate surface area is 158 Å². The Morgan fingerprint density at radius 3 is 2.62 bits per heavy atom. The number of methoxy groups -OCH3 is 1. The molecule has 1 saturated heterocycles. The molecule has 1 aliphatic carbocycles. The van der Waals surface area contributed by atoms with Crippen LogP contribution in [0.15, 0.2) is 48.7 Å². The van der Waals surface area contributed by atoms with Gasteiger partial charge in [0.1, 0.15) is 0 Å². The summed E-state index contributed by atoms with van der Waals surface area (Å²) in [5.74, 6) is 0.574. The van der Waals surface area contributed by atoms with Gasteiger partial charge in [-0.05, 0) is 56.8 Å². The summed E-state index contributed by atoms with van der Waals surface area (Å²) in [5, 5.41) is 0. The van der Waals surface area contributed by atoms with E-state index in [1.807, 2.05) is 12.3 Å². The predicted octanol–water partition coefficient (Wildman–Crippen LogP) is 4.90. The lowest BCUT2D eigenvalue weighted by atomic mass is 9.94. The molecule has 3 rings (SSSR count). The van der Waals surface area contributed by atoms with Crippen molar-refractivity contribution in [2.45, 2.75) is 50.7 Å². The van der Waals surface area contributed by atoms with E-state index in [0.717, 1.165) is 6.42 Å². The summed E-state index contributed by atoms with van der Waals surface area (Å²) in [4.78, 5) is 2.72. The first-order valence-corrected chi connectivity index (χ1v) is 10.1. The molecule has 2 aliphatic rings. The Hall–Kier alpha value is -1.58. The summed E-state index contributed by atoms with van der Waals surface area (Å²) in [7, 11) is 1.72. The summed E-state index contributed by atoms with van der Waals surface area (Å²) in [6, 6.07) is 11.1. The molecule has 0 N–H and O–H groups in total. The quantitative estimate of drug-likeness (QED) is 0.619. The second-order valence-corrected chi connectivity index (χ2v) is 7.43. The number of rotatable bonds is 8. The SMILES string of the molecule is COC=CC[C@H]1[C@@H](OCC=Cc2ccccc2)CC[C@@H]1N1CCCCC1. The van der Waals surface area contributed by atoms with E-state index >= 15 is 0 Å². The average Bonchev–Trinajstić information content (AvgIpc) is 3.10. The number of likely N-dealkylation sites (tertiary alicyclic amines) is 1. The fourth-order valence-corrected chi connectivity index (χ4v) is 4.47. The second-order valence-electron chi connectivity index (χ2n) is 7.43. The van der Waals surface area contributed by atoms with Gasteiger partial charge >= 0.3 is 0 Å². The molecule has 26 heavy (non-hydrogen) atoms. The summed E-state index contributed by atoms with van der Waals surface area (Å²) >= 11 is 0. The van der Waals surface area contributed by atoms with Crippen LogP contribution in [0.3, 0.4) is 0 Å². The van der Waals surface area contributed by atoms with Crippen LogP contribution < -0.4 is 0 Å². The summed E-state index contributed by atoms with van der Waals surface area (Å²) < 4.78 is 11.4. The Kier molecular flexibility index (Phi) is 7.78. The minimum absolute atomic E-state index is 0.351. The van der Waals surface area contributed by atoms with Gasteiger partial charge in [0.15, 0.2) is 0 Å². The van der Waals surface area contributed by atoms with Gasteiger partial charge < -0.3 is 14.4 Å². The first-order chi connectivity index (χ1) is 12.9. The maximum Gasteiger partial charge on any atom is 0.0784 e. The van der Waals surface area contributed by atoms with Crippen LogP contribution >= 0.6 is 0 Å². The zero-order valence-electron chi connectivity index (χ0n) is 16.1. The molecular formula is C23H33NO2. The van der Waals surface area contributed by atoms with Gasteiger partial charge in [0.25, 0.3) is 0 Å². The van der Waals surface area contributed by atoms with Gasteiger partial charge in [0.2, 0.25) is 0 Å². The molecule has 3 nitrogen and oxygen atoms in total. The molecule has 0 radical (unpaired) electrons. The molecule has 3 atom stereocenters. The third-order valence-corrected chi connectivity index (χ3v) is 5.74. The van der Waals surface area contributed by atoms with Crippen molar-refractivity contribution >= 4 is 6.08 Å². The maximum atomic E-state index is 6.30. The summed E-state index contributed by atoms with van der Waals surface area (Å²) in [5.41, 5.74) is 1.23. The number of piperidine rings is 1. The highest BCUT2D eigenvalue weighted by atomic mass is 16.5. The molecular weight excluding hydrogens is 322 g/mol. The Morgan fingerprint density at radius 1 is 1.04 bits per heavy atom. The number of nitrogens with zero attached hydrogens (tertiary/aromatic N) is 1. The van der Waals surface area contributed by atoms with Crippen LogP contribution in [0.2, 0.25) is 0 Å². The second kappa shape index (κ2) is 10.5. The van der Waals surface area contributed by atoms with Crippen LogP contribution in [-0.4, -0.2) is 43.9 Å². The van der Waals surface area contributed by atoms with E-state index in [0.29, 0.717) is 24.7 Å². The molecule has 0 amide bonds. The highest BCUT2D eigenvalue weighted by molar-refractivity contribution is 5.48. The standard InChI is InChI=1S/C23H33NO2/c1-25-18-9-13-21-22(24-16-6-3-7-17-24)14-15-23(21)26-19-8-12-20-10-4-2-5-11-20/h2,4-5,8-12,18,21-23H,3,6-7,13-17,19H2,1H3/t21-,22+,23+/m1/s1. The molecule has 1 aromatic carbocycles. The zero-order chi connectivity index (χ0) is 18.0. The number of ether oxygens (including phenoxy) is 2. The van der Waals surface area contributed by atoms with Crippen LogP contribution in [0.4, 0.5) is 0 Å². The van der Waals surface area contributed by atoms with Crippen molar-refractivity contribution in [2.75, 3.05) is 26.8 Å². The highest BCUT2D eigenvalue weighted by Gasteiger charge is 2.39. The molecule has 3 heteroatoms. The van der Waals surface area contributed by atoms with Crippen LogP contribution in [-0.2, 0) is 9.47 Å². The fraction of sp³-hybridized carbons (Fsp3) is 0.565. The first kappa shape index (κ1) is 19.2. The van der Waals surface area contributed by atoms with Crippen LogP contribution in [0.5, 0.6) is 0 Å². The fourth-order valence-electron chi connectivity index (χ4n) is 4.47. The summed E-state index contributed by atoms with van der Waals surface area (Å²) in [6.07, 6.45) is 16.2. The van der Waals surface area contributed by atoms with E-state index in [9.17, 15) is 0 Å². The van der Waals surface area contributed by atoms with Gasteiger partial charge in [0, 0.05) is 12.0 Å². The molecule has 1 aliphatic heterocycles. The Balaban J connectivity index is 1.55. The van der Waals surface area contributed by atoms with Crippen molar-refractivity contribution in [3.8, 4) is 0 Å². The van der Waals surface area contributed by atoms with E-state index < -0.39 is 0 Å². The topological polar surface area (TPSA) is 21.7 Å². The number of benzene rings is 1. The monoisotopic (exact) mass is 355 g/mol. The van der Waals surface area contributed by atoms with Crippen molar-refractivity contribution in [2.24, 2.45) is 5.92 Å². The largest absolute Gasteiger partial charge is 0.505 e. The zero-order valence-corrected chi connectivity index (χ0v) is 16.1. The molecule has 0 bridgehead atoms. The van der Waals surface area contributed by atoms with Crippen molar-refractivity contribution in [1.82, 2.24) is 4.90 Å². The molecule has 1 heterocycles. The third kappa shape index (κ3) is 5.46. The number of hydrogen-bond donors (Lipinski definition) is 0. The molecule has 1 aromatic rings. The maximum absolute atomic E-state index is 6.30. The molecule has 1 saturated carbocycles. The lowest BCUT2D eigenvalue weighted by Gasteiger charge is -2.36. The lowest BCUT2D eigenvalue weighted by molar-refractivity contribution is 0.0241. The van der Waals surface area contributed by atoms with Gasteiger partial charge in [-0.2, -0.15) is 0 Å². The highest BCUT2D eigenvalue weighted by Crippen LogP contribution is 2.36. The Bertz CT molecular complexity index is 563. The Morgan fingerprint density at radius 2 is 1.85 bits per heavy atom. The van der Waals surface area contributed by atoms with E-state index in [-0.39, 0.29) is 0 Å². The van der Waals surface area contributed by atoms with E-state index in [2.05, 4.69) is 47.4 Å². The van der Waals surface area contributed by atoms with Crippen molar-refractivity contribution in [3.63, 3.8) is 0 Å². The first-order valence-electron chi connectivity index (χ1n) is 10.1. The van der Waals surface area contributed by atoms with E-state index in [1.54, 1.807) is 7.11 Å². The van der Waals surface area contributed by atoms with Crippen LogP contribution in [0, 0.1) is 5.92 Å². The molecule has 0 spiro atoms. The summed E-state index contributed by atoms with van der Waals surface area (Å²) in [6.45, 7) is 3.21. The average molecular weight is 356 g/mol. The van der Waals surface area contributed by atoms with E-state index in [1.165, 1.54) is 50.8 Å². The van der Waals surface area contributed by atoms with Crippen molar-refractivity contribution < 1.29 is 9.47 Å². The van der Waals surface area contributed by atoms with Crippen LogP contribution in [0.25, 0.3) is 6.08 Å². The van der Waals surface area contributed by atoms with Gasteiger partial charge in [-0.15, -0.1) is 0 Å². The van der Waals surface area contributed by atoms with Crippen molar-refractivity contribution in [3.05, 3.63) is 54.3 Å². The van der Waals surface area contributed by atoms with Crippen molar-refractivity contribution in [1.29, 1.82) is 0 Å². The lowest BCUT2D eigenvalue weighted by Crippen LogP contribution is -2.43. The number of allylic oxidation sites excluding steroid dienone is 1. The molecule has 2 fully saturated rings. The van der Waals surface area contributed by atoms with Crippen LogP contribution in [0.1, 0.15) is 44.1 Å². The molecule has 142 valence electrons. The molecule has 0 aromatic heterocycles. The van der Waals surface area contributed by atoms with Gasteiger partial charge in [-0.1, -0.05) is 48.9 Å². The minimum Gasteiger partial charge on any atom is -0.505 e. The molecule has 0 unspecified atom stereocenters. The third-order valence-electron chi connectivity index (χ3n) is 5.74. The normalized spacial score (nSPS) is 27.5. The smallest absolute Gasteiger partial charge is 0.0784 e. The van der Waals surface area contributed by atoms with Gasteiger partial charge in [-0.3, -0.25) is 0 Å². The number of hydrogen-bond acceptors (Lipinski definition) is 3. The van der Waals surface area contributed by atoms with Gasteiger partial charge in [-0.25, -0.2) is 0 Å². The van der Waals surface area contributed by atoms with Gasteiger partial charge in [0.05, 0.1) is 26.1 Å².